The zero-order valence-electron chi connectivity index (χ0n) is 14.6. The molecule has 0 aliphatic heterocycles. The van der Waals surface area contributed by atoms with E-state index in [4.69, 9.17) is 4.74 Å². The minimum absolute atomic E-state index is 0.203. The number of hydrogen-bond donors (Lipinski definition) is 0. The van der Waals surface area contributed by atoms with Crippen LogP contribution in [0, 0.1) is 0 Å². The average Bonchev–Trinajstić information content (AvgIpc) is 3.12. The number of benzene rings is 1. The summed E-state index contributed by atoms with van der Waals surface area (Å²) in [6, 6.07) is 8.31. The maximum Gasteiger partial charge on any atom is 0.453 e. The smallest absolute Gasteiger partial charge is 0.437 e. The minimum atomic E-state index is -4.83. The molecule has 0 aliphatic carbocycles. The largest absolute Gasteiger partial charge is 0.453 e. The zero-order chi connectivity index (χ0) is 21.5. The fourth-order valence-corrected chi connectivity index (χ4v) is 2.66. The average molecular weight is 425 g/mol. The van der Waals surface area contributed by atoms with Gasteiger partial charge in [-0.2, -0.15) is 30.9 Å². The van der Waals surface area contributed by atoms with Crippen molar-refractivity contribution in [3.05, 3.63) is 66.2 Å². The summed E-state index contributed by atoms with van der Waals surface area (Å²) in [6.45, 7) is 0. The van der Waals surface area contributed by atoms with Crippen molar-refractivity contribution in [2.45, 2.75) is 12.4 Å². The van der Waals surface area contributed by atoms with E-state index in [1.54, 1.807) is 12.1 Å². The van der Waals surface area contributed by atoms with E-state index in [1.807, 2.05) is 0 Å². The van der Waals surface area contributed by atoms with Crippen LogP contribution in [-0.4, -0.2) is 24.8 Å². The van der Waals surface area contributed by atoms with Gasteiger partial charge >= 0.3 is 12.4 Å². The van der Waals surface area contributed by atoms with E-state index in [0.717, 1.165) is 18.2 Å². The molecule has 3 aromatic heterocycles. The van der Waals surface area contributed by atoms with E-state index in [9.17, 15) is 26.3 Å². The van der Waals surface area contributed by atoms with Crippen molar-refractivity contribution >= 4 is 5.65 Å². The molecular weight excluding hydrogens is 416 g/mol. The van der Waals surface area contributed by atoms with Gasteiger partial charge in [0.25, 0.3) is 5.82 Å². The highest BCUT2D eigenvalue weighted by atomic mass is 19.4. The molecule has 0 radical (unpaired) electrons. The van der Waals surface area contributed by atoms with E-state index in [0.29, 0.717) is 10.1 Å². The van der Waals surface area contributed by atoms with Crippen LogP contribution >= 0.6 is 0 Å². The normalized spacial score (nSPS) is 12.3. The number of rotatable bonds is 3. The maximum atomic E-state index is 13.2. The number of pyridine rings is 1. The number of alkyl halides is 6. The second-order valence-electron chi connectivity index (χ2n) is 6.02. The fourth-order valence-electron chi connectivity index (χ4n) is 2.66. The van der Waals surface area contributed by atoms with Gasteiger partial charge in [-0.25, -0.2) is 0 Å². The topological polar surface area (TPSA) is 65.2 Å². The van der Waals surface area contributed by atoms with Crippen molar-refractivity contribution in [1.29, 1.82) is 0 Å². The highest BCUT2D eigenvalue weighted by Gasteiger charge is 2.38. The van der Waals surface area contributed by atoms with Crippen LogP contribution < -0.4 is 4.74 Å². The third kappa shape index (κ3) is 3.75. The Hall–Kier alpha value is -3.70. The molecule has 0 bridgehead atoms. The summed E-state index contributed by atoms with van der Waals surface area (Å²) in [6.07, 6.45) is -6.59. The van der Waals surface area contributed by atoms with Gasteiger partial charge in [0.2, 0.25) is 5.88 Å². The molecule has 0 fully saturated rings. The van der Waals surface area contributed by atoms with E-state index < -0.39 is 23.7 Å². The molecule has 0 N–H and O–H groups in total. The van der Waals surface area contributed by atoms with Crippen LogP contribution in [0.15, 0.2) is 54.9 Å². The quantitative estimate of drug-likeness (QED) is 0.432. The third-order valence-electron chi connectivity index (χ3n) is 3.99. The second kappa shape index (κ2) is 6.97. The van der Waals surface area contributed by atoms with Crippen LogP contribution in [0.4, 0.5) is 26.3 Å². The summed E-state index contributed by atoms with van der Waals surface area (Å²) in [5, 5.41) is 10.1. The minimum Gasteiger partial charge on any atom is -0.437 e. The Bertz CT molecular complexity index is 1200. The van der Waals surface area contributed by atoms with Crippen molar-refractivity contribution in [2.24, 2.45) is 0 Å². The molecular formula is C18H9F6N5O. The van der Waals surface area contributed by atoms with Gasteiger partial charge in [-0.05, 0) is 30.3 Å². The molecule has 154 valence electrons. The lowest BCUT2D eigenvalue weighted by Crippen LogP contribution is -2.12. The Morgan fingerprint density at radius 2 is 1.67 bits per heavy atom. The number of ether oxygens (including phenoxy) is 1. The molecule has 30 heavy (non-hydrogen) atoms. The summed E-state index contributed by atoms with van der Waals surface area (Å²) in [5.41, 5.74) is -0.502. The Morgan fingerprint density at radius 1 is 0.867 bits per heavy atom. The van der Waals surface area contributed by atoms with Gasteiger partial charge in [0.1, 0.15) is 5.75 Å². The second-order valence-corrected chi connectivity index (χ2v) is 6.02. The van der Waals surface area contributed by atoms with E-state index >= 15 is 0 Å². The molecule has 1 aromatic carbocycles. The van der Waals surface area contributed by atoms with Gasteiger partial charge < -0.3 is 4.74 Å². The summed E-state index contributed by atoms with van der Waals surface area (Å²) in [4.78, 5) is 3.91. The van der Waals surface area contributed by atoms with Gasteiger partial charge in [0.05, 0.1) is 5.56 Å². The zero-order valence-corrected chi connectivity index (χ0v) is 14.6. The molecule has 4 aromatic rings. The number of hydrogen-bond acceptors (Lipinski definition) is 5. The van der Waals surface area contributed by atoms with Crippen molar-refractivity contribution in [1.82, 2.24) is 24.8 Å². The third-order valence-corrected chi connectivity index (χ3v) is 3.99. The van der Waals surface area contributed by atoms with E-state index in [2.05, 4.69) is 20.3 Å². The molecule has 6 nitrogen and oxygen atoms in total. The lowest BCUT2D eigenvalue weighted by atomic mass is 10.0. The fraction of sp³-hybridized carbons (Fsp3) is 0.111. The molecule has 4 rings (SSSR count). The molecule has 12 heteroatoms. The first-order chi connectivity index (χ1) is 14.1. The highest BCUT2D eigenvalue weighted by Crippen LogP contribution is 2.38. The predicted octanol–water partition coefficient (Wildman–Crippen LogP) is 5.02. The Morgan fingerprint density at radius 3 is 2.33 bits per heavy atom. The van der Waals surface area contributed by atoms with Crippen LogP contribution in [0.5, 0.6) is 11.6 Å². The summed E-state index contributed by atoms with van der Waals surface area (Å²) < 4.78 is 84.5. The highest BCUT2D eigenvalue weighted by molar-refractivity contribution is 5.70. The first kappa shape index (κ1) is 19.6. The van der Waals surface area contributed by atoms with Crippen molar-refractivity contribution < 1.29 is 31.1 Å². The molecule has 3 heterocycles. The van der Waals surface area contributed by atoms with Crippen molar-refractivity contribution in [2.75, 3.05) is 0 Å². The Labute approximate surface area is 163 Å². The molecule has 0 aliphatic rings. The van der Waals surface area contributed by atoms with Gasteiger partial charge in [0.15, 0.2) is 5.65 Å². The van der Waals surface area contributed by atoms with Crippen molar-refractivity contribution in [3.63, 3.8) is 0 Å². The number of aromatic nitrogens is 5. The monoisotopic (exact) mass is 425 g/mol. The predicted molar refractivity (Wildman–Crippen MR) is 90.5 cm³/mol. The molecule has 0 spiro atoms. The van der Waals surface area contributed by atoms with Gasteiger partial charge in [0, 0.05) is 29.6 Å². The van der Waals surface area contributed by atoms with Crippen LogP contribution in [0.25, 0.3) is 16.8 Å². The molecule has 0 atom stereocenters. The van der Waals surface area contributed by atoms with E-state index in [-0.39, 0.29) is 22.8 Å². The SMILES string of the molecule is FC(F)(F)c1ccc(-c2cccnc2)c(Oc2ccc3nnc(C(F)(F)F)n3n2)c1. The van der Waals surface area contributed by atoms with Crippen LogP contribution in [0.2, 0.25) is 0 Å². The Kier molecular flexibility index (Phi) is 4.56. The van der Waals surface area contributed by atoms with Crippen molar-refractivity contribution in [3.8, 4) is 22.8 Å². The van der Waals surface area contributed by atoms with Crippen LogP contribution in [0.1, 0.15) is 11.4 Å². The molecule has 0 unspecified atom stereocenters. The maximum absolute atomic E-state index is 13.2. The Balaban J connectivity index is 1.81. The van der Waals surface area contributed by atoms with Crippen LogP contribution in [0.3, 0.4) is 0 Å². The number of fused-ring (bicyclic) bond motifs is 1. The summed E-state index contributed by atoms with van der Waals surface area (Å²) >= 11 is 0. The first-order valence-electron chi connectivity index (χ1n) is 8.22. The lowest BCUT2D eigenvalue weighted by molar-refractivity contribution is -0.146. The van der Waals surface area contributed by atoms with E-state index in [1.165, 1.54) is 24.5 Å². The number of halogens is 6. The summed E-state index contributed by atoms with van der Waals surface area (Å²) in [5.74, 6) is -2.02. The van der Waals surface area contributed by atoms with Gasteiger partial charge in [-0.1, -0.05) is 6.07 Å². The first-order valence-corrected chi connectivity index (χ1v) is 8.22. The van der Waals surface area contributed by atoms with Crippen LogP contribution in [-0.2, 0) is 12.4 Å². The molecule has 0 amide bonds. The molecule has 0 saturated carbocycles. The summed E-state index contributed by atoms with van der Waals surface area (Å²) in [7, 11) is 0. The lowest BCUT2D eigenvalue weighted by Gasteiger charge is -2.14. The molecule has 0 saturated heterocycles. The van der Waals surface area contributed by atoms with Gasteiger partial charge in [-0.15, -0.1) is 15.3 Å². The van der Waals surface area contributed by atoms with Gasteiger partial charge in [-0.3, -0.25) is 4.98 Å². The standard InChI is InChI=1S/C18H9F6N5O/c19-17(20,21)11-3-4-12(10-2-1-7-25-9-10)13(8-11)30-15-6-5-14-26-27-16(18(22,23)24)29(14)28-15/h1-9H. The number of nitrogens with zero attached hydrogens (tertiary/aromatic N) is 5.